The minimum Gasteiger partial charge on any atom is -0.325 e. The highest BCUT2D eigenvalue weighted by Crippen LogP contribution is 2.39. The minimum absolute atomic E-state index is 0.812. The number of para-hydroxylation sites is 1. The van der Waals surface area contributed by atoms with E-state index in [1.807, 2.05) is 13.0 Å². The first-order chi connectivity index (χ1) is 13.2. The van der Waals surface area contributed by atoms with E-state index in [1.165, 1.54) is 27.9 Å². The molecule has 0 amide bonds. The molecule has 0 aliphatic carbocycles. The first-order valence-corrected chi connectivity index (χ1v) is 9.40. The average molecular weight is 351 g/mol. The zero-order valence-corrected chi connectivity index (χ0v) is 15.6. The van der Waals surface area contributed by atoms with Crippen LogP contribution in [0.4, 0.5) is 11.5 Å². The molecule has 3 aromatic carbocycles. The quantitative estimate of drug-likeness (QED) is 0.470. The van der Waals surface area contributed by atoms with Crippen molar-refractivity contribution in [1.82, 2.24) is 9.97 Å². The summed E-state index contributed by atoms with van der Waals surface area (Å²) in [6.07, 6.45) is 1.04. The first-order valence-electron chi connectivity index (χ1n) is 9.40. The smallest absolute Gasteiger partial charge is 0.144 e. The summed E-state index contributed by atoms with van der Waals surface area (Å²) in [5, 5.41) is 1.11. The van der Waals surface area contributed by atoms with Crippen molar-refractivity contribution in [3.63, 3.8) is 0 Å². The molecule has 0 spiro atoms. The Hall–Kier alpha value is -3.20. The first kappa shape index (κ1) is 16.0. The number of nitrogens with zero attached hydrogens (tertiary/aromatic N) is 3. The molecule has 1 aliphatic rings. The van der Waals surface area contributed by atoms with E-state index in [1.54, 1.807) is 0 Å². The summed E-state index contributed by atoms with van der Waals surface area (Å²) in [5.74, 6) is 1.82. The van der Waals surface area contributed by atoms with Crippen molar-refractivity contribution in [2.24, 2.45) is 0 Å². The van der Waals surface area contributed by atoms with E-state index in [4.69, 9.17) is 4.98 Å². The van der Waals surface area contributed by atoms with Crippen LogP contribution in [0.3, 0.4) is 0 Å². The van der Waals surface area contributed by atoms with Gasteiger partial charge in [0.25, 0.3) is 0 Å². The van der Waals surface area contributed by atoms with E-state index in [9.17, 15) is 0 Å². The SMILES string of the molecule is Cc1ccc(-c2ccc3c(c2)N(c2nc(C)nc4ccccc24)CC3)cc1. The van der Waals surface area contributed by atoms with Gasteiger partial charge in [0.05, 0.1) is 5.52 Å². The second kappa shape index (κ2) is 6.20. The lowest BCUT2D eigenvalue weighted by atomic mass is 10.0. The predicted molar refractivity (Wildman–Crippen MR) is 112 cm³/mol. The Morgan fingerprint density at radius 3 is 2.44 bits per heavy atom. The highest BCUT2D eigenvalue weighted by atomic mass is 15.2. The van der Waals surface area contributed by atoms with E-state index < -0.39 is 0 Å². The summed E-state index contributed by atoms with van der Waals surface area (Å²) in [6, 6.07) is 23.8. The number of hydrogen-bond acceptors (Lipinski definition) is 3. The summed E-state index contributed by atoms with van der Waals surface area (Å²) in [5.41, 5.74) is 7.42. The summed E-state index contributed by atoms with van der Waals surface area (Å²) in [7, 11) is 0. The Morgan fingerprint density at radius 1 is 0.815 bits per heavy atom. The van der Waals surface area contributed by atoms with E-state index in [2.05, 4.69) is 77.5 Å². The standard InChI is InChI=1S/C24H21N3/c1-16-7-9-18(10-8-16)20-12-11-19-13-14-27(23(19)15-20)24-21-5-3-4-6-22(21)25-17(2)26-24/h3-12,15H,13-14H2,1-2H3. The molecule has 2 heterocycles. The molecule has 0 saturated heterocycles. The van der Waals surface area contributed by atoms with Gasteiger partial charge in [0, 0.05) is 17.6 Å². The maximum atomic E-state index is 4.81. The molecule has 0 radical (unpaired) electrons. The lowest BCUT2D eigenvalue weighted by Gasteiger charge is -2.21. The molecule has 0 fully saturated rings. The Morgan fingerprint density at radius 2 is 1.59 bits per heavy atom. The lowest BCUT2D eigenvalue weighted by Crippen LogP contribution is -2.16. The van der Waals surface area contributed by atoms with Crippen molar-refractivity contribution >= 4 is 22.4 Å². The van der Waals surface area contributed by atoms with Gasteiger partial charge in [0.2, 0.25) is 0 Å². The molecule has 27 heavy (non-hydrogen) atoms. The van der Waals surface area contributed by atoms with Crippen LogP contribution in [-0.2, 0) is 6.42 Å². The van der Waals surface area contributed by atoms with Gasteiger partial charge in [-0.2, -0.15) is 0 Å². The van der Waals surface area contributed by atoms with Crippen molar-refractivity contribution in [1.29, 1.82) is 0 Å². The molecule has 0 unspecified atom stereocenters. The molecule has 0 N–H and O–H groups in total. The summed E-state index contributed by atoms with van der Waals surface area (Å²) >= 11 is 0. The van der Waals surface area contributed by atoms with Gasteiger partial charge in [0.1, 0.15) is 11.6 Å². The zero-order chi connectivity index (χ0) is 18.4. The Kier molecular flexibility index (Phi) is 3.68. The molecule has 0 atom stereocenters. The van der Waals surface area contributed by atoms with Gasteiger partial charge < -0.3 is 4.90 Å². The maximum absolute atomic E-state index is 4.81. The zero-order valence-electron chi connectivity index (χ0n) is 15.6. The van der Waals surface area contributed by atoms with E-state index >= 15 is 0 Å². The van der Waals surface area contributed by atoms with Crippen LogP contribution in [-0.4, -0.2) is 16.5 Å². The number of anilines is 2. The van der Waals surface area contributed by atoms with Gasteiger partial charge in [-0.25, -0.2) is 9.97 Å². The number of aryl methyl sites for hydroxylation is 2. The van der Waals surface area contributed by atoms with E-state index in [0.29, 0.717) is 0 Å². The van der Waals surface area contributed by atoms with Crippen molar-refractivity contribution in [2.45, 2.75) is 20.3 Å². The van der Waals surface area contributed by atoms with Crippen LogP contribution in [0, 0.1) is 13.8 Å². The lowest BCUT2D eigenvalue weighted by molar-refractivity contribution is 0.960. The van der Waals surface area contributed by atoms with Gasteiger partial charge >= 0.3 is 0 Å². The molecule has 4 aromatic rings. The number of benzene rings is 3. The van der Waals surface area contributed by atoms with Crippen LogP contribution in [0.1, 0.15) is 17.0 Å². The fourth-order valence-corrected chi connectivity index (χ4v) is 3.90. The number of rotatable bonds is 2. The third-order valence-electron chi connectivity index (χ3n) is 5.32. The fourth-order valence-electron chi connectivity index (χ4n) is 3.90. The van der Waals surface area contributed by atoms with Crippen LogP contribution in [0.15, 0.2) is 66.7 Å². The third-order valence-corrected chi connectivity index (χ3v) is 5.32. The van der Waals surface area contributed by atoms with Gasteiger partial charge in [0.15, 0.2) is 0 Å². The molecule has 132 valence electrons. The fraction of sp³-hybridized carbons (Fsp3) is 0.167. The second-order valence-corrected chi connectivity index (χ2v) is 7.22. The highest BCUT2D eigenvalue weighted by Gasteiger charge is 2.24. The van der Waals surface area contributed by atoms with Gasteiger partial charge in [-0.05, 0) is 55.2 Å². The second-order valence-electron chi connectivity index (χ2n) is 7.22. The molecule has 5 rings (SSSR count). The van der Waals surface area contributed by atoms with Crippen LogP contribution in [0.2, 0.25) is 0 Å². The number of fused-ring (bicyclic) bond motifs is 2. The van der Waals surface area contributed by atoms with Gasteiger partial charge in [-0.1, -0.05) is 54.1 Å². The highest BCUT2D eigenvalue weighted by molar-refractivity contribution is 5.93. The largest absolute Gasteiger partial charge is 0.325 e. The van der Waals surface area contributed by atoms with Crippen molar-refractivity contribution in [3.8, 4) is 11.1 Å². The Bertz CT molecular complexity index is 1150. The average Bonchev–Trinajstić information content (AvgIpc) is 3.11. The molecular formula is C24H21N3. The Balaban J connectivity index is 1.65. The molecule has 1 aliphatic heterocycles. The summed E-state index contributed by atoms with van der Waals surface area (Å²) in [6.45, 7) is 5.04. The van der Waals surface area contributed by atoms with Crippen LogP contribution < -0.4 is 4.90 Å². The monoisotopic (exact) mass is 351 g/mol. The van der Waals surface area contributed by atoms with Crippen LogP contribution in [0.5, 0.6) is 0 Å². The molecular weight excluding hydrogens is 330 g/mol. The van der Waals surface area contributed by atoms with Gasteiger partial charge in [-0.15, -0.1) is 0 Å². The number of hydrogen-bond donors (Lipinski definition) is 0. The number of aromatic nitrogens is 2. The molecule has 0 bridgehead atoms. The normalized spacial score (nSPS) is 13.2. The summed E-state index contributed by atoms with van der Waals surface area (Å²) in [4.78, 5) is 11.8. The minimum atomic E-state index is 0.812. The maximum Gasteiger partial charge on any atom is 0.144 e. The van der Waals surface area contributed by atoms with Crippen LogP contribution in [0.25, 0.3) is 22.0 Å². The molecule has 1 aromatic heterocycles. The van der Waals surface area contributed by atoms with E-state index in [0.717, 1.165) is 35.5 Å². The van der Waals surface area contributed by atoms with Gasteiger partial charge in [-0.3, -0.25) is 0 Å². The third kappa shape index (κ3) is 2.76. The van der Waals surface area contributed by atoms with Crippen LogP contribution >= 0.6 is 0 Å². The summed E-state index contributed by atoms with van der Waals surface area (Å²) < 4.78 is 0. The molecule has 3 nitrogen and oxygen atoms in total. The molecule has 0 saturated carbocycles. The van der Waals surface area contributed by atoms with Crippen molar-refractivity contribution in [3.05, 3.63) is 83.7 Å². The predicted octanol–water partition coefficient (Wildman–Crippen LogP) is 5.61. The molecule has 3 heteroatoms. The Labute approximate surface area is 159 Å². The van der Waals surface area contributed by atoms with E-state index in [-0.39, 0.29) is 0 Å². The van der Waals surface area contributed by atoms with Crippen molar-refractivity contribution in [2.75, 3.05) is 11.4 Å². The van der Waals surface area contributed by atoms with Crippen molar-refractivity contribution < 1.29 is 0 Å². The topological polar surface area (TPSA) is 29.0 Å².